The highest BCUT2D eigenvalue weighted by molar-refractivity contribution is 5.88. The second-order valence-electron chi connectivity index (χ2n) is 6.48. The molecular weight excluding hydrogens is 326 g/mol. The molecule has 0 spiro atoms. The number of para-hydroxylation sites is 1. The van der Waals surface area contributed by atoms with Gasteiger partial charge in [-0.15, -0.1) is 0 Å². The molecule has 1 unspecified atom stereocenters. The molecule has 1 atom stereocenters. The number of hydrogen-bond donors (Lipinski definition) is 1. The molecule has 2 heterocycles. The number of likely N-dealkylation sites (N-methyl/N-ethyl adjacent to an activating group) is 1. The van der Waals surface area contributed by atoms with Crippen LogP contribution in [0.15, 0.2) is 60.8 Å². The standard InChI is InChI=1S/C21H21N3O2/c1-22-19-10-12-24(21(19)25)14-15-7-8-16-9-11-23-20(18(16)13-15)26-17-5-3-2-4-6-17/h2-9,11,13,19,22H,10,12,14H2,1H3. The van der Waals surface area contributed by atoms with E-state index < -0.39 is 0 Å². The van der Waals surface area contributed by atoms with Crippen LogP contribution < -0.4 is 10.1 Å². The molecule has 0 bridgehead atoms. The second-order valence-corrected chi connectivity index (χ2v) is 6.48. The number of likely N-dealkylation sites (tertiary alicyclic amines) is 1. The Balaban J connectivity index is 1.62. The average Bonchev–Trinajstić information content (AvgIpc) is 3.03. The number of fused-ring (bicyclic) bond motifs is 1. The molecule has 1 saturated heterocycles. The van der Waals surface area contributed by atoms with E-state index in [0.29, 0.717) is 12.4 Å². The van der Waals surface area contributed by atoms with E-state index in [1.807, 2.05) is 48.3 Å². The van der Waals surface area contributed by atoms with Gasteiger partial charge in [0.05, 0.1) is 6.04 Å². The zero-order valence-corrected chi connectivity index (χ0v) is 14.7. The van der Waals surface area contributed by atoms with Crippen LogP contribution in [0.1, 0.15) is 12.0 Å². The Morgan fingerprint density at radius 3 is 2.81 bits per heavy atom. The first-order chi connectivity index (χ1) is 12.7. The molecule has 4 rings (SSSR count). The molecular formula is C21H21N3O2. The molecule has 1 aliphatic rings. The Morgan fingerprint density at radius 1 is 1.19 bits per heavy atom. The predicted molar refractivity (Wildman–Crippen MR) is 101 cm³/mol. The van der Waals surface area contributed by atoms with E-state index in [0.717, 1.165) is 35.1 Å². The maximum atomic E-state index is 12.3. The van der Waals surface area contributed by atoms with Crippen molar-refractivity contribution in [2.75, 3.05) is 13.6 Å². The fourth-order valence-corrected chi connectivity index (χ4v) is 3.35. The molecule has 2 aromatic carbocycles. The third-order valence-corrected chi connectivity index (χ3v) is 4.77. The van der Waals surface area contributed by atoms with E-state index in [9.17, 15) is 4.79 Å². The van der Waals surface area contributed by atoms with Gasteiger partial charge in [0.25, 0.3) is 0 Å². The van der Waals surface area contributed by atoms with Gasteiger partial charge < -0.3 is 15.0 Å². The average molecular weight is 347 g/mol. The van der Waals surface area contributed by atoms with Gasteiger partial charge in [-0.05, 0) is 48.7 Å². The van der Waals surface area contributed by atoms with Gasteiger partial charge in [-0.1, -0.05) is 30.3 Å². The van der Waals surface area contributed by atoms with Gasteiger partial charge in [0.2, 0.25) is 11.8 Å². The molecule has 0 aliphatic carbocycles. The lowest BCUT2D eigenvalue weighted by Crippen LogP contribution is -2.35. The van der Waals surface area contributed by atoms with Crippen LogP contribution in [0.25, 0.3) is 10.8 Å². The molecule has 1 aliphatic heterocycles. The van der Waals surface area contributed by atoms with Crippen LogP contribution in [0.3, 0.4) is 0 Å². The molecule has 26 heavy (non-hydrogen) atoms. The SMILES string of the molecule is CNC1CCN(Cc2ccc3ccnc(Oc4ccccc4)c3c2)C1=O. The number of benzene rings is 2. The van der Waals surface area contributed by atoms with Gasteiger partial charge in [0.1, 0.15) is 5.75 Å². The van der Waals surface area contributed by atoms with Crippen LogP contribution in [0.5, 0.6) is 11.6 Å². The van der Waals surface area contributed by atoms with E-state index in [-0.39, 0.29) is 11.9 Å². The lowest BCUT2D eigenvalue weighted by molar-refractivity contribution is -0.129. The van der Waals surface area contributed by atoms with Crippen molar-refractivity contribution in [3.05, 3.63) is 66.4 Å². The maximum Gasteiger partial charge on any atom is 0.240 e. The van der Waals surface area contributed by atoms with E-state index in [1.54, 1.807) is 6.20 Å². The predicted octanol–water partition coefficient (Wildman–Crippen LogP) is 3.35. The summed E-state index contributed by atoms with van der Waals surface area (Å²) >= 11 is 0. The lowest BCUT2D eigenvalue weighted by atomic mass is 10.1. The largest absolute Gasteiger partial charge is 0.438 e. The molecule has 1 N–H and O–H groups in total. The minimum atomic E-state index is -0.0610. The maximum absolute atomic E-state index is 12.3. The van der Waals surface area contributed by atoms with Crippen molar-refractivity contribution in [2.45, 2.75) is 19.0 Å². The molecule has 1 fully saturated rings. The fraction of sp³-hybridized carbons (Fsp3) is 0.238. The highest BCUT2D eigenvalue weighted by atomic mass is 16.5. The van der Waals surface area contributed by atoms with Crippen molar-refractivity contribution in [1.29, 1.82) is 0 Å². The minimum absolute atomic E-state index is 0.0610. The molecule has 1 aromatic heterocycles. The smallest absolute Gasteiger partial charge is 0.240 e. The number of carbonyl (C=O) groups is 1. The third-order valence-electron chi connectivity index (χ3n) is 4.77. The van der Waals surface area contributed by atoms with Crippen LogP contribution in [-0.2, 0) is 11.3 Å². The number of ether oxygens (including phenoxy) is 1. The van der Waals surface area contributed by atoms with Crippen LogP contribution in [0, 0.1) is 0 Å². The fourth-order valence-electron chi connectivity index (χ4n) is 3.35. The summed E-state index contributed by atoms with van der Waals surface area (Å²) in [5, 5.41) is 5.09. The zero-order chi connectivity index (χ0) is 17.9. The summed E-state index contributed by atoms with van der Waals surface area (Å²) in [5.74, 6) is 1.50. The van der Waals surface area contributed by atoms with Crippen LogP contribution in [0.2, 0.25) is 0 Å². The topological polar surface area (TPSA) is 54.5 Å². The Hall–Kier alpha value is -2.92. The number of carbonyl (C=O) groups excluding carboxylic acids is 1. The molecule has 132 valence electrons. The van der Waals surface area contributed by atoms with Gasteiger partial charge in [-0.3, -0.25) is 4.79 Å². The summed E-state index contributed by atoms with van der Waals surface area (Å²) in [6.45, 7) is 1.38. The minimum Gasteiger partial charge on any atom is -0.438 e. The first-order valence-corrected chi connectivity index (χ1v) is 8.81. The number of aromatic nitrogens is 1. The Bertz CT molecular complexity index is 927. The molecule has 3 aromatic rings. The highest BCUT2D eigenvalue weighted by Crippen LogP contribution is 2.29. The van der Waals surface area contributed by atoms with E-state index >= 15 is 0 Å². The summed E-state index contributed by atoms with van der Waals surface area (Å²) in [5.41, 5.74) is 1.08. The molecule has 0 radical (unpaired) electrons. The van der Waals surface area contributed by atoms with Crippen LogP contribution in [-0.4, -0.2) is 35.4 Å². The quantitative estimate of drug-likeness (QED) is 0.769. The molecule has 5 heteroatoms. The Kier molecular flexibility index (Phi) is 4.54. The number of nitrogens with one attached hydrogen (secondary N) is 1. The first-order valence-electron chi connectivity index (χ1n) is 8.81. The van der Waals surface area contributed by atoms with Crippen molar-refractivity contribution in [3.63, 3.8) is 0 Å². The van der Waals surface area contributed by atoms with Crippen LogP contribution >= 0.6 is 0 Å². The second kappa shape index (κ2) is 7.14. The summed E-state index contributed by atoms with van der Waals surface area (Å²) < 4.78 is 5.97. The monoisotopic (exact) mass is 347 g/mol. The summed E-state index contributed by atoms with van der Waals surface area (Å²) in [6.07, 6.45) is 2.61. The highest BCUT2D eigenvalue weighted by Gasteiger charge is 2.30. The van der Waals surface area contributed by atoms with E-state index in [1.165, 1.54) is 0 Å². The number of hydrogen-bond acceptors (Lipinski definition) is 4. The van der Waals surface area contributed by atoms with Gasteiger partial charge >= 0.3 is 0 Å². The van der Waals surface area contributed by atoms with Gasteiger partial charge in [0, 0.05) is 24.7 Å². The zero-order valence-electron chi connectivity index (χ0n) is 14.7. The Morgan fingerprint density at radius 2 is 2.04 bits per heavy atom. The van der Waals surface area contributed by atoms with Gasteiger partial charge in [0.15, 0.2) is 0 Å². The van der Waals surface area contributed by atoms with Gasteiger partial charge in [-0.2, -0.15) is 0 Å². The number of pyridine rings is 1. The summed E-state index contributed by atoms with van der Waals surface area (Å²) in [7, 11) is 1.83. The first kappa shape index (κ1) is 16.5. The third kappa shape index (κ3) is 3.26. The molecule has 0 saturated carbocycles. The Labute approximate surface area is 152 Å². The molecule has 1 amide bonds. The van der Waals surface area contributed by atoms with Crippen molar-refractivity contribution < 1.29 is 9.53 Å². The number of rotatable bonds is 5. The normalized spacial score (nSPS) is 17.0. The van der Waals surface area contributed by atoms with Crippen molar-refractivity contribution >= 4 is 16.7 Å². The van der Waals surface area contributed by atoms with Crippen molar-refractivity contribution in [2.24, 2.45) is 0 Å². The number of nitrogens with zero attached hydrogens (tertiary/aromatic N) is 2. The van der Waals surface area contributed by atoms with Crippen LogP contribution in [0.4, 0.5) is 0 Å². The van der Waals surface area contributed by atoms with Crippen molar-refractivity contribution in [3.8, 4) is 11.6 Å². The van der Waals surface area contributed by atoms with Gasteiger partial charge in [-0.25, -0.2) is 4.98 Å². The van der Waals surface area contributed by atoms with E-state index in [2.05, 4.69) is 28.5 Å². The van der Waals surface area contributed by atoms with E-state index in [4.69, 9.17) is 4.74 Å². The summed E-state index contributed by atoms with van der Waals surface area (Å²) in [6, 6.07) is 17.7. The lowest BCUT2D eigenvalue weighted by Gasteiger charge is -2.17. The molecule has 5 nitrogen and oxygen atoms in total. The number of amides is 1. The summed E-state index contributed by atoms with van der Waals surface area (Å²) in [4.78, 5) is 18.6. The van der Waals surface area contributed by atoms with Crippen molar-refractivity contribution in [1.82, 2.24) is 15.2 Å².